The highest BCUT2D eigenvalue weighted by molar-refractivity contribution is 6.00. The second kappa shape index (κ2) is 10.8. The molecule has 0 spiro atoms. The van der Waals surface area contributed by atoms with Gasteiger partial charge in [0.2, 0.25) is 11.8 Å². The van der Waals surface area contributed by atoms with Gasteiger partial charge in [-0.1, -0.05) is 12.1 Å². The van der Waals surface area contributed by atoms with Gasteiger partial charge in [-0.3, -0.25) is 14.4 Å². The van der Waals surface area contributed by atoms with E-state index in [4.69, 9.17) is 4.74 Å². The number of carbonyl (C=O) groups excluding carboxylic acids is 3. The number of methoxy groups -OCH3 is 1. The molecule has 7 nitrogen and oxygen atoms in total. The fourth-order valence-electron chi connectivity index (χ4n) is 2.51. The first-order valence-electron chi connectivity index (χ1n) is 9.63. The molecular formula is C23H27N3O4. The molecular weight excluding hydrogens is 382 g/mol. The summed E-state index contributed by atoms with van der Waals surface area (Å²) < 4.78 is 5.09. The second-order valence-electron chi connectivity index (χ2n) is 7.03. The van der Waals surface area contributed by atoms with E-state index in [0.717, 1.165) is 11.3 Å². The van der Waals surface area contributed by atoms with Crippen LogP contribution in [-0.4, -0.2) is 36.9 Å². The van der Waals surface area contributed by atoms with E-state index in [1.165, 1.54) is 6.08 Å². The monoisotopic (exact) mass is 409 g/mol. The van der Waals surface area contributed by atoms with Gasteiger partial charge in [0.1, 0.15) is 11.8 Å². The summed E-state index contributed by atoms with van der Waals surface area (Å²) in [6.45, 7) is 5.36. The Hall–Kier alpha value is -3.61. The van der Waals surface area contributed by atoms with E-state index in [1.807, 2.05) is 26.0 Å². The lowest BCUT2D eigenvalue weighted by atomic mass is 10.1. The van der Waals surface area contributed by atoms with E-state index in [0.29, 0.717) is 11.3 Å². The summed E-state index contributed by atoms with van der Waals surface area (Å²) in [6.07, 6.45) is 3.02. The normalized spacial score (nSPS) is 11.8. The molecule has 7 heteroatoms. The molecule has 2 rings (SSSR count). The zero-order valence-electron chi connectivity index (χ0n) is 17.6. The third kappa shape index (κ3) is 7.09. The molecule has 3 N–H and O–H groups in total. The molecule has 0 radical (unpaired) electrons. The van der Waals surface area contributed by atoms with Crippen molar-refractivity contribution < 1.29 is 19.1 Å². The van der Waals surface area contributed by atoms with Gasteiger partial charge in [-0.15, -0.1) is 0 Å². The largest absolute Gasteiger partial charge is 0.497 e. The molecule has 1 atom stereocenters. The average Bonchev–Trinajstić information content (AvgIpc) is 2.72. The Labute approximate surface area is 176 Å². The summed E-state index contributed by atoms with van der Waals surface area (Å²) in [5, 5.41) is 8.14. The Morgan fingerprint density at radius 1 is 0.900 bits per heavy atom. The third-order valence-electron chi connectivity index (χ3n) is 4.13. The van der Waals surface area contributed by atoms with Crippen molar-refractivity contribution in [2.24, 2.45) is 0 Å². The van der Waals surface area contributed by atoms with Gasteiger partial charge < -0.3 is 20.7 Å². The summed E-state index contributed by atoms with van der Waals surface area (Å²) >= 11 is 0. The highest BCUT2D eigenvalue weighted by Gasteiger charge is 2.15. The van der Waals surface area contributed by atoms with Crippen LogP contribution in [0.1, 0.15) is 36.7 Å². The van der Waals surface area contributed by atoms with Crippen molar-refractivity contribution in [1.82, 2.24) is 10.6 Å². The first-order chi connectivity index (χ1) is 14.3. The minimum atomic E-state index is -0.734. The number of rotatable bonds is 8. The van der Waals surface area contributed by atoms with Gasteiger partial charge in [-0.05, 0) is 68.8 Å². The first kappa shape index (κ1) is 22.7. The minimum absolute atomic E-state index is 0.0418. The Kier molecular flexibility index (Phi) is 8.17. The number of hydrogen-bond donors (Lipinski definition) is 3. The van der Waals surface area contributed by atoms with Crippen LogP contribution >= 0.6 is 0 Å². The highest BCUT2D eigenvalue weighted by atomic mass is 16.5. The van der Waals surface area contributed by atoms with Gasteiger partial charge in [-0.25, -0.2) is 0 Å². The SMILES string of the molecule is COc1ccc(C=CC(=O)NC(C)C(=O)Nc2ccc(C(=O)NC(C)C)cc2)cc1. The Morgan fingerprint density at radius 2 is 1.53 bits per heavy atom. The van der Waals surface area contributed by atoms with Crippen molar-refractivity contribution in [3.63, 3.8) is 0 Å². The summed E-state index contributed by atoms with van der Waals surface area (Å²) in [5.41, 5.74) is 1.88. The summed E-state index contributed by atoms with van der Waals surface area (Å²) in [7, 11) is 1.59. The molecule has 1 unspecified atom stereocenters. The van der Waals surface area contributed by atoms with E-state index in [2.05, 4.69) is 16.0 Å². The van der Waals surface area contributed by atoms with Crippen LogP contribution < -0.4 is 20.7 Å². The summed E-state index contributed by atoms with van der Waals surface area (Å²) in [6, 6.07) is 13.1. The molecule has 158 valence electrons. The number of hydrogen-bond acceptors (Lipinski definition) is 4. The number of ether oxygens (including phenoxy) is 1. The smallest absolute Gasteiger partial charge is 0.251 e. The fraction of sp³-hybridized carbons (Fsp3) is 0.261. The van der Waals surface area contributed by atoms with Crippen molar-refractivity contribution in [3.05, 3.63) is 65.7 Å². The van der Waals surface area contributed by atoms with Crippen molar-refractivity contribution >= 4 is 29.5 Å². The lowest BCUT2D eigenvalue weighted by Gasteiger charge is -2.13. The van der Waals surface area contributed by atoms with Gasteiger partial charge in [0, 0.05) is 23.4 Å². The molecule has 0 saturated carbocycles. The van der Waals surface area contributed by atoms with Crippen LogP contribution in [0.5, 0.6) is 5.75 Å². The van der Waals surface area contributed by atoms with Gasteiger partial charge in [0.15, 0.2) is 0 Å². The number of nitrogens with one attached hydrogen (secondary N) is 3. The standard InChI is InChI=1S/C23H27N3O4/c1-15(2)24-23(29)18-8-10-19(11-9-18)26-22(28)16(3)25-21(27)14-7-17-5-12-20(30-4)13-6-17/h5-16H,1-4H3,(H,24,29)(H,25,27)(H,26,28). The quantitative estimate of drug-likeness (QED) is 0.584. The van der Waals surface area contributed by atoms with Gasteiger partial charge in [-0.2, -0.15) is 0 Å². The molecule has 0 bridgehead atoms. The minimum Gasteiger partial charge on any atom is -0.497 e. The topological polar surface area (TPSA) is 96.5 Å². The lowest BCUT2D eigenvalue weighted by Crippen LogP contribution is -2.40. The number of benzene rings is 2. The van der Waals surface area contributed by atoms with Crippen molar-refractivity contribution in [3.8, 4) is 5.75 Å². The predicted octanol–water partition coefficient (Wildman–Crippen LogP) is 2.99. The molecule has 0 aliphatic carbocycles. The summed E-state index contributed by atoms with van der Waals surface area (Å²) in [5.74, 6) is -0.183. The Balaban J connectivity index is 1.86. The van der Waals surface area contributed by atoms with Gasteiger partial charge >= 0.3 is 0 Å². The van der Waals surface area contributed by atoms with Crippen LogP contribution in [0.2, 0.25) is 0 Å². The maximum atomic E-state index is 12.3. The van der Waals surface area contributed by atoms with Crippen molar-refractivity contribution in [2.75, 3.05) is 12.4 Å². The molecule has 0 aliphatic heterocycles. The number of amides is 3. The average molecular weight is 409 g/mol. The van der Waals surface area contributed by atoms with E-state index in [-0.39, 0.29) is 23.8 Å². The molecule has 2 aromatic carbocycles. The van der Waals surface area contributed by atoms with Crippen LogP contribution in [0.25, 0.3) is 6.08 Å². The molecule has 30 heavy (non-hydrogen) atoms. The Morgan fingerprint density at radius 3 is 2.10 bits per heavy atom. The molecule has 0 aromatic heterocycles. The maximum Gasteiger partial charge on any atom is 0.251 e. The predicted molar refractivity (Wildman–Crippen MR) is 117 cm³/mol. The van der Waals surface area contributed by atoms with Crippen molar-refractivity contribution in [2.45, 2.75) is 32.9 Å². The molecule has 2 aromatic rings. The molecule has 0 fully saturated rings. The molecule has 0 saturated heterocycles. The van der Waals surface area contributed by atoms with Gasteiger partial charge in [0.05, 0.1) is 7.11 Å². The van der Waals surface area contributed by atoms with E-state index >= 15 is 0 Å². The molecule has 0 heterocycles. The number of carbonyl (C=O) groups is 3. The van der Waals surface area contributed by atoms with Crippen LogP contribution in [0.3, 0.4) is 0 Å². The zero-order valence-corrected chi connectivity index (χ0v) is 17.6. The summed E-state index contributed by atoms with van der Waals surface area (Å²) in [4.78, 5) is 36.3. The van der Waals surface area contributed by atoms with E-state index in [1.54, 1.807) is 56.5 Å². The Bertz CT molecular complexity index is 903. The maximum absolute atomic E-state index is 12.3. The molecule has 3 amide bonds. The van der Waals surface area contributed by atoms with Crippen LogP contribution in [0, 0.1) is 0 Å². The van der Waals surface area contributed by atoms with Gasteiger partial charge in [0.25, 0.3) is 5.91 Å². The highest BCUT2D eigenvalue weighted by Crippen LogP contribution is 2.12. The second-order valence-corrected chi connectivity index (χ2v) is 7.03. The fourth-order valence-corrected chi connectivity index (χ4v) is 2.51. The van der Waals surface area contributed by atoms with Crippen molar-refractivity contribution in [1.29, 1.82) is 0 Å². The molecule has 0 aliphatic rings. The zero-order chi connectivity index (χ0) is 22.1. The van der Waals surface area contributed by atoms with Crippen LogP contribution in [-0.2, 0) is 9.59 Å². The van der Waals surface area contributed by atoms with E-state index in [9.17, 15) is 14.4 Å². The van der Waals surface area contributed by atoms with Crippen LogP contribution in [0.4, 0.5) is 5.69 Å². The lowest BCUT2D eigenvalue weighted by molar-refractivity contribution is -0.123. The number of anilines is 1. The van der Waals surface area contributed by atoms with E-state index < -0.39 is 6.04 Å². The first-order valence-corrected chi connectivity index (χ1v) is 9.63. The van der Waals surface area contributed by atoms with Crippen LogP contribution in [0.15, 0.2) is 54.6 Å². The third-order valence-corrected chi connectivity index (χ3v) is 4.13.